The number of anilines is 1. The quantitative estimate of drug-likeness (QED) is 0.762. The molecule has 11 heteroatoms. The maximum Gasteiger partial charge on any atom is 0.417 e. The van der Waals surface area contributed by atoms with E-state index < -0.39 is 29.7 Å². The van der Waals surface area contributed by atoms with Gasteiger partial charge in [-0.3, -0.25) is 14.9 Å². The number of fused-ring (bicyclic) bond motifs is 1. The van der Waals surface area contributed by atoms with Crippen molar-refractivity contribution in [3.63, 3.8) is 0 Å². The smallest absolute Gasteiger partial charge is 0.356 e. The summed E-state index contributed by atoms with van der Waals surface area (Å²) in [5.41, 5.74) is -0.786. The number of aromatic nitrogens is 1. The molecule has 4 rings (SSSR count). The fourth-order valence-corrected chi connectivity index (χ4v) is 4.08. The molecule has 0 spiro atoms. The van der Waals surface area contributed by atoms with Crippen molar-refractivity contribution < 1.29 is 27.6 Å². The molecule has 8 nitrogen and oxygen atoms in total. The molecular formula is C17H18F3N5O3. The number of pyridine rings is 1. The van der Waals surface area contributed by atoms with E-state index >= 15 is 0 Å². The van der Waals surface area contributed by atoms with E-state index in [9.17, 15) is 27.6 Å². The van der Waals surface area contributed by atoms with Crippen LogP contribution in [0.4, 0.5) is 23.8 Å². The number of carbonyl (C=O) groups excluding carboxylic acids is 3. The Morgan fingerprint density at radius 1 is 1.11 bits per heavy atom. The molecule has 150 valence electrons. The summed E-state index contributed by atoms with van der Waals surface area (Å²) in [6, 6.07) is 0.854. The zero-order chi connectivity index (χ0) is 20.1. The zero-order valence-electron chi connectivity index (χ0n) is 14.7. The van der Waals surface area contributed by atoms with Crippen molar-refractivity contribution in [1.29, 1.82) is 0 Å². The molecule has 0 aliphatic carbocycles. The highest BCUT2D eigenvalue weighted by Crippen LogP contribution is 2.35. The van der Waals surface area contributed by atoms with E-state index in [0.29, 0.717) is 32.0 Å². The molecule has 1 aromatic heterocycles. The Bertz CT molecular complexity index is 783. The second kappa shape index (κ2) is 6.64. The van der Waals surface area contributed by atoms with Gasteiger partial charge >= 0.3 is 12.2 Å². The van der Waals surface area contributed by atoms with Crippen LogP contribution >= 0.6 is 0 Å². The Hall–Kier alpha value is -2.85. The molecule has 3 atom stereocenters. The maximum atomic E-state index is 12.7. The van der Waals surface area contributed by atoms with E-state index in [1.54, 1.807) is 4.90 Å². The average Bonchev–Trinajstić information content (AvgIpc) is 3.18. The molecule has 4 heterocycles. The summed E-state index contributed by atoms with van der Waals surface area (Å²) in [6.07, 6.45) is -3.67. The minimum atomic E-state index is -4.42. The number of likely N-dealkylation sites (tertiary alicyclic amines) is 1. The van der Waals surface area contributed by atoms with Crippen LogP contribution in [0, 0.1) is 11.8 Å². The lowest BCUT2D eigenvalue weighted by Gasteiger charge is -2.28. The predicted molar refractivity (Wildman–Crippen MR) is 90.1 cm³/mol. The van der Waals surface area contributed by atoms with Crippen LogP contribution in [0.25, 0.3) is 0 Å². The highest BCUT2D eigenvalue weighted by atomic mass is 19.4. The third kappa shape index (κ3) is 3.48. The van der Waals surface area contributed by atoms with Gasteiger partial charge in [-0.25, -0.2) is 9.78 Å². The Kier molecular flexibility index (Phi) is 4.39. The second-order valence-electron chi connectivity index (χ2n) is 7.35. The molecule has 0 radical (unpaired) electrons. The number of nitrogens with zero attached hydrogens (tertiary/aromatic N) is 3. The SMILES string of the molecule is O=C1CC(C(=O)N2CC3CN(c4ccc(C(F)(F)F)cn4)CC3C2)NC(=O)N1. The number of hydrogen-bond donors (Lipinski definition) is 2. The van der Waals surface area contributed by atoms with Crippen LogP contribution in [0.15, 0.2) is 18.3 Å². The predicted octanol–water partition coefficient (Wildman–Crippen LogP) is 0.593. The van der Waals surface area contributed by atoms with Crippen molar-refractivity contribution in [3.05, 3.63) is 23.9 Å². The molecule has 4 amide bonds. The topological polar surface area (TPSA) is 94.6 Å². The number of rotatable bonds is 2. The molecule has 3 aliphatic heterocycles. The maximum absolute atomic E-state index is 12.7. The third-order valence-corrected chi connectivity index (χ3v) is 5.44. The van der Waals surface area contributed by atoms with Crippen LogP contribution < -0.4 is 15.5 Å². The molecule has 28 heavy (non-hydrogen) atoms. The summed E-state index contributed by atoms with van der Waals surface area (Å²) in [4.78, 5) is 43.0. The minimum absolute atomic E-state index is 0.0853. The van der Waals surface area contributed by atoms with Crippen molar-refractivity contribution in [2.45, 2.75) is 18.6 Å². The van der Waals surface area contributed by atoms with Crippen LogP contribution in [0.2, 0.25) is 0 Å². The Labute approximate surface area is 158 Å². The number of amides is 4. The first-order valence-corrected chi connectivity index (χ1v) is 8.88. The standard InChI is InChI=1S/C17H18F3N5O3/c18-17(19,20)11-1-2-13(21-4-11)24-5-9-7-25(8-10(9)6-24)15(27)12-3-14(26)23-16(28)22-12/h1-2,4,9-10,12H,3,5-8H2,(H2,22,23,26,28). The zero-order valence-corrected chi connectivity index (χ0v) is 14.7. The molecule has 0 aromatic carbocycles. The lowest BCUT2D eigenvalue weighted by Crippen LogP contribution is -2.58. The van der Waals surface area contributed by atoms with Crippen LogP contribution in [-0.4, -0.2) is 60.0 Å². The van der Waals surface area contributed by atoms with Gasteiger partial charge in [0, 0.05) is 44.2 Å². The number of urea groups is 1. The van der Waals surface area contributed by atoms with Gasteiger partial charge in [0.1, 0.15) is 11.9 Å². The first-order valence-electron chi connectivity index (χ1n) is 8.88. The van der Waals surface area contributed by atoms with E-state index in [-0.39, 0.29) is 24.2 Å². The molecule has 3 unspecified atom stereocenters. The van der Waals surface area contributed by atoms with Gasteiger partial charge in [0.2, 0.25) is 11.8 Å². The molecule has 3 saturated heterocycles. The Morgan fingerprint density at radius 3 is 2.32 bits per heavy atom. The van der Waals surface area contributed by atoms with Crippen molar-refractivity contribution in [2.24, 2.45) is 11.8 Å². The van der Waals surface area contributed by atoms with Gasteiger partial charge in [0.05, 0.1) is 12.0 Å². The van der Waals surface area contributed by atoms with Crippen molar-refractivity contribution in [1.82, 2.24) is 20.5 Å². The molecular weight excluding hydrogens is 379 g/mol. The minimum Gasteiger partial charge on any atom is -0.356 e. The largest absolute Gasteiger partial charge is 0.417 e. The number of hydrogen-bond acceptors (Lipinski definition) is 5. The van der Waals surface area contributed by atoms with Gasteiger partial charge in [-0.15, -0.1) is 0 Å². The van der Waals surface area contributed by atoms with E-state index in [2.05, 4.69) is 15.6 Å². The number of alkyl halides is 3. The van der Waals surface area contributed by atoms with Gasteiger partial charge < -0.3 is 15.1 Å². The summed E-state index contributed by atoms with van der Waals surface area (Å²) < 4.78 is 38.0. The average molecular weight is 397 g/mol. The van der Waals surface area contributed by atoms with Gasteiger partial charge in [0.25, 0.3) is 0 Å². The van der Waals surface area contributed by atoms with Gasteiger partial charge in [0.15, 0.2) is 0 Å². The highest BCUT2D eigenvalue weighted by Gasteiger charge is 2.44. The molecule has 0 bridgehead atoms. The number of nitrogens with one attached hydrogen (secondary N) is 2. The lowest BCUT2D eigenvalue weighted by atomic mass is 10.0. The molecule has 2 N–H and O–H groups in total. The van der Waals surface area contributed by atoms with Crippen LogP contribution in [0.1, 0.15) is 12.0 Å². The van der Waals surface area contributed by atoms with Crippen LogP contribution in [0.5, 0.6) is 0 Å². The number of carbonyl (C=O) groups is 3. The van der Waals surface area contributed by atoms with Crippen LogP contribution in [-0.2, 0) is 15.8 Å². The van der Waals surface area contributed by atoms with Crippen molar-refractivity contribution in [3.8, 4) is 0 Å². The first kappa shape index (κ1) is 18.5. The van der Waals surface area contributed by atoms with Crippen LogP contribution in [0.3, 0.4) is 0 Å². The van der Waals surface area contributed by atoms with E-state index in [4.69, 9.17) is 0 Å². The summed E-state index contributed by atoms with van der Waals surface area (Å²) >= 11 is 0. The Morgan fingerprint density at radius 2 is 1.79 bits per heavy atom. The van der Waals surface area contributed by atoms with Gasteiger partial charge in [-0.2, -0.15) is 13.2 Å². The summed E-state index contributed by atoms with van der Waals surface area (Å²) in [5.74, 6) is 0.0525. The molecule has 0 saturated carbocycles. The van der Waals surface area contributed by atoms with E-state index in [1.165, 1.54) is 6.07 Å². The molecule has 3 aliphatic rings. The second-order valence-corrected chi connectivity index (χ2v) is 7.35. The normalized spacial score (nSPS) is 27.5. The van der Waals surface area contributed by atoms with Gasteiger partial charge in [-0.05, 0) is 12.1 Å². The highest BCUT2D eigenvalue weighted by molar-refractivity contribution is 6.02. The molecule has 1 aromatic rings. The monoisotopic (exact) mass is 397 g/mol. The summed E-state index contributed by atoms with van der Waals surface area (Å²) in [6.45, 7) is 2.14. The van der Waals surface area contributed by atoms with E-state index in [0.717, 1.165) is 12.3 Å². The Balaban J connectivity index is 1.36. The number of imide groups is 1. The first-order chi connectivity index (χ1) is 13.2. The van der Waals surface area contributed by atoms with Crippen molar-refractivity contribution in [2.75, 3.05) is 31.1 Å². The molecule has 3 fully saturated rings. The van der Waals surface area contributed by atoms with E-state index in [1.807, 2.05) is 4.90 Å². The summed E-state index contributed by atoms with van der Waals surface area (Å²) in [5, 5.41) is 4.55. The van der Waals surface area contributed by atoms with Gasteiger partial charge in [-0.1, -0.05) is 0 Å². The third-order valence-electron chi connectivity index (χ3n) is 5.44. The fourth-order valence-electron chi connectivity index (χ4n) is 4.08. The fraction of sp³-hybridized carbons (Fsp3) is 0.529. The summed E-state index contributed by atoms with van der Waals surface area (Å²) in [7, 11) is 0. The lowest BCUT2D eigenvalue weighted by molar-refractivity contribution is -0.137. The number of halogens is 3. The van der Waals surface area contributed by atoms with Crippen molar-refractivity contribution >= 4 is 23.7 Å².